The summed E-state index contributed by atoms with van der Waals surface area (Å²) in [5.74, 6) is 4.65. The van der Waals surface area contributed by atoms with Crippen molar-refractivity contribution in [3.05, 3.63) is 29.3 Å². The van der Waals surface area contributed by atoms with Gasteiger partial charge in [-0.05, 0) is 72.1 Å². The Labute approximate surface area is 146 Å². The molecule has 0 unspecified atom stereocenters. The molecule has 0 spiro atoms. The number of Topliss-reactive ketones (excluding diaryl/α,β-unsaturated/α-hetero) is 1. The Balaban J connectivity index is 1.79. The van der Waals surface area contributed by atoms with Crippen molar-refractivity contribution in [1.29, 1.82) is 0 Å². The molecule has 0 N–H and O–H groups in total. The first-order valence-electron chi connectivity index (χ1n) is 9.69. The van der Waals surface area contributed by atoms with Gasteiger partial charge >= 0.3 is 0 Å². The third kappa shape index (κ3) is 2.11. The predicted octanol–water partition coefficient (Wildman–Crippen LogP) is 5.00. The van der Waals surface area contributed by atoms with Crippen LogP contribution in [0.5, 0.6) is 5.75 Å². The van der Waals surface area contributed by atoms with Crippen LogP contribution in [0.3, 0.4) is 0 Å². The first kappa shape index (κ1) is 16.2. The first-order valence-corrected chi connectivity index (χ1v) is 9.69. The summed E-state index contributed by atoms with van der Waals surface area (Å²) < 4.78 is 5.46. The third-order valence-electron chi connectivity index (χ3n) is 7.65. The van der Waals surface area contributed by atoms with Crippen molar-refractivity contribution in [2.75, 3.05) is 7.11 Å². The van der Waals surface area contributed by atoms with Crippen molar-refractivity contribution in [1.82, 2.24) is 0 Å². The lowest BCUT2D eigenvalue weighted by Gasteiger charge is -2.52. The van der Waals surface area contributed by atoms with Crippen molar-refractivity contribution in [2.24, 2.45) is 29.1 Å². The van der Waals surface area contributed by atoms with Crippen LogP contribution >= 0.6 is 0 Å². The molecule has 0 aliphatic heterocycles. The lowest BCUT2D eigenvalue weighted by Crippen LogP contribution is -2.47. The molecule has 3 aliphatic rings. The zero-order chi connectivity index (χ0) is 17.1. The van der Waals surface area contributed by atoms with Gasteiger partial charge in [0.2, 0.25) is 0 Å². The zero-order valence-corrected chi connectivity index (χ0v) is 15.5. The molecule has 0 radical (unpaired) electrons. The van der Waals surface area contributed by atoms with Crippen molar-refractivity contribution in [2.45, 2.75) is 58.8 Å². The molecule has 0 saturated heterocycles. The van der Waals surface area contributed by atoms with E-state index in [1.54, 1.807) is 12.7 Å². The van der Waals surface area contributed by atoms with Gasteiger partial charge in [-0.1, -0.05) is 33.3 Å². The van der Waals surface area contributed by atoms with Gasteiger partial charge in [-0.3, -0.25) is 4.79 Å². The van der Waals surface area contributed by atoms with Crippen LogP contribution in [0.1, 0.15) is 63.5 Å². The van der Waals surface area contributed by atoms with Crippen LogP contribution in [0.15, 0.2) is 18.2 Å². The molecular weight excluding hydrogens is 296 g/mol. The number of hydrogen-bond donors (Lipinski definition) is 0. The van der Waals surface area contributed by atoms with Gasteiger partial charge in [-0.15, -0.1) is 0 Å². The normalized spacial score (nSPS) is 40.7. The van der Waals surface area contributed by atoms with Gasteiger partial charge in [0.15, 0.2) is 0 Å². The van der Waals surface area contributed by atoms with Gasteiger partial charge in [-0.25, -0.2) is 0 Å². The third-order valence-corrected chi connectivity index (χ3v) is 7.65. The minimum absolute atomic E-state index is 0.0576. The number of fused-ring (bicyclic) bond motifs is 5. The molecule has 1 aromatic carbocycles. The monoisotopic (exact) mass is 326 g/mol. The Bertz CT molecular complexity index is 664. The van der Waals surface area contributed by atoms with Gasteiger partial charge in [0, 0.05) is 11.8 Å². The Hall–Kier alpha value is -1.31. The van der Waals surface area contributed by atoms with Gasteiger partial charge in [0.25, 0.3) is 0 Å². The standard InChI is InChI=1S/C22H30O2/c1-5-14-11-15-12-16(24-4)6-7-17(15)18-8-9-22(3)19(23)10-13(2)21(22)20(14)18/h6-7,12-14,18,20-21H,5,8-11H2,1-4H3/t13-,14-,18-,20-,21+,22-/m1/s1. The largest absolute Gasteiger partial charge is 0.497 e. The van der Waals surface area contributed by atoms with E-state index in [1.807, 2.05) is 0 Å². The smallest absolute Gasteiger partial charge is 0.139 e. The Morgan fingerprint density at radius 3 is 2.79 bits per heavy atom. The summed E-state index contributed by atoms with van der Waals surface area (Å²) in [5, 5.41) is 0. The first-order chi connectivity index (χ1) is 11.5. The Morgan fingerprint density at radius 1 is 1.29 bits per heavy atom. The maximum Gasteiger partial charge on any atom is 0.139 e. The summed E-state index contributed by atoms with van der Waals surface area (Å²) in [6, 6.07) is 6.69. The van der Waals surface area contributed by atoms with Crippen molar-refractivity contribution in [3.63, 3.8) is 0 Å². The lowest BCUT2D eigenvalue weighted by atomic mass is 9.51. The van der Waals surface area contributed by atoms with Crippen LogP contribution in [-0.2, 0) is 11.2 Å². The van der Waals surface area contributed by atoms with E-state index in [4.69, 9.17) is 4.74 Å². The summed E-state index contributed by atoms with van der Waals surface area (Å²) in [5.41, 5.74) is 2.97. The molecule has 1 aromatic rings. The molecule has 2 nitrogen and oxygen atoms in total. The highest BCUT2D eigenvalue weighted by molar-refractivity contribution is 5.87. The van der Waals surface area contributed by atoms with E-state index in [-0.39, 0.29) is 5.41 Å². The minimum atomic E-state index is -0.0576. The topological polar surface area (TPSA) is 26.3 Å². The molecule has 0 aromatic heterocycles. The minimum Gasteiger partial charge on any atom is -0.497 e. The molecular formula is C22H30O2. The average Bonchev–Trinajstić information content (AvgIpc) is 2.82. The lowest BCUT2D eigenvalue weighted by molar-refractivity contribution is -0.130. The summed E-state index contributed by atoms with van der Waals surface area (Å²) >= 11 is 0. The second kappa shape index (κ2) is 5.61. The van der Waals surface area contributed by atoms with Crippen molar-refractivity contribution < 1.29 is 9.53 Å². The van der Waals surface area contributed by atoms with Gasteiger partial charge in [-0.2, -0.15) is 0 Å². The van der Waals surface area contributed by atoms with Crippen LogP contribution in [0.4, 0.5) is 0 Å². The summed E-state index contributed by atoms with van der Waals surface area (Å²) in [7, 11) is 1.75. The van der Waals surface area contributed by atoms with E-state index in [9.17, 15) is 4.79 Å². The Kier molecular flexibility index (Phi) is 3.78. The number of methoxy groups -OCH3 is 1. The number of benzene rings is 1. The van der Waals surface area contributed by atoms with Gasteiger partial charge in [0.1, 0.15) is 11.5 Å². The molecule has 6 atom stereocenters. The maximum absolute atomic E-state index is 12.7. The van der Waals surface area contributed by atoms with E-state index in [1.165, 1.54) is 18.4 Å². The number of hydrogen-bond acceptors (Lipinski definition) is 2. The van der Waals surface area contributed by atoms with Crippen LogP contribution in [0.2, 0.25) is 0 Å². The van der Waals surface area contributed by atoms with Crippen molar-refractivity contribution in [3.8, 4) is 5.75 Å². The van der Waals surface area contributed by atoms with Crippen LogP contribution in [-0.4, -0.2) is 12.9 Å². The molecule has 0 amide bonds. The molecule has 3 aliphatic carbocycles. The van der Waals surface area contributed by atoms with E-state index >= 15 is 0 Å². The van der Waals surface area contributed by atoms with E-state index < -0.39 is 0 Å². The molecule has 2 fully saturated rings. The van der Waals surface area contributed by atoms with Gasteiger partial charge in [0.05, 0.1) is 7.11 Å². The van der Waals surface area contributed by atoms with Crippen LogP contribution < -0.4 is 4.74 Å². The summed E-state index contributed by atoms with van der Waals surface area (Å²) in [4.78, 5) is 12.7. The molecule has 0 heterocycles. The fraction of sp³-hybridized carbons (Fsp3) is 0.682. The molecule has 24 heavy (non-hydrogen) atoms. The maximum atomic E-state index is 12.7. The number of rotatable bonds is 2. The average molecular weight is 326 g/mol. The summed E-state index contributed by atoms with van der Waals surface area (Å²) in [6.07, 6.45) is 5.41. The van der Waals surface area contributed by atoms with E-state index in [2.05, 4.69) is 39.0 Å². The van der Waals surface area contributed by atoms with E-state index in [0.717, 1.165) is 25.0 Å². The molecule has 0 bridgehead atoms. The Morgan fingerprint density at radius 2 is 2.08 bits per heavy atom. The molecule has 2 heteroatoms. The second-order valence-corrected chi connectivity index (χ2v) is 8.71. The van der Waals surface area contributed by atoms with Crippen molar-refractivity contribution >= 4 is 5.78 Å². The molecule has 2 saturated carbocycles. The number of carbonyl (C=O) groups is 1. The highest BCUT2D eigenvalue weighted by Crippen LogP contribution is 2.63. The fourth-order valence-corrected chi connectivity index (χ4v) is 6.54. The highest BCUT2D eigenvalue weighted by Gasteiger charge is 2.59. The van der Waals surface area contributed by atoms with Crippen LogP contribution in [0.25, 0.3) is 0 Å². The second-order valence-electron chi connectivity index (χ2n) is 8.71. The van der Waals surface area contributed by atoms with Crippen LogP contribution in [0, 0.1) is 29.1 Å². The predicted molar refractivity (Wildman–Crippen MR) is 96.3 cm³/mol. The number of carbonyl (C=O) groups excluding carboxylic acids is 1. The molecule has 130 valence electrons. The summed E-state index contributed by atoms with van der Waals surface area (Å²) in [6.45, 7) is 6.93. The highest BCUT2D eigenvalue weighted by atomic mass is 16.5. The SMILES string of the molecule is CC[C@@H]1Cc2cc(OC)ccc2[C@H]2CC[C@]3(C)C(=O)C[C@@H](C)[C@H]3[C@H]12. The number of ketones is 1. The quantitative estimate of drug-likeness (QED) is 0.764. The van der Waals surface area contributed by atoms with Gasteiger partial charge < -0.3 is 4.74 Å². The number of ether oxygens (including phenoxy) is 1. The van der Waals surface area contributed by atoms with E-state index in [0.29, 0.717) is 35.4 Å². The molecule has 4 rings (SSSR count). The zero-order valence-electron chi connectivity index (χ0n) is 15.5. The fourth-order valence-electron chi connectivity index (χ4n) is 6.54.